The second kappa shape index (κ2) is 9.08. The molecule has 1 aliphatic heterocycles. The van der Waals surface area contributed by atoms with E-state index >= 15 is 0 Å². The maximum absolute atomic E-state index is 11.9. The molecule has 0 aromatic carbocycles. The monoisotopic (exact) mass is 449 g/mol. The number of carbonyl (C=O) groups excluding carboxylic acids is 1. The summed E-state index contributed by atoms with van der Waals surface area (Å²) in [5, 5.41) is 4.04. The highest BCUT2D eigenvalue weighted by atomic mass is 32.1. The van der Waals surface area contributed by atoms with Crippen LogP contribution in [0.15, 0.2) is 48.8 Å². The molecule has 8 heteroatoms. The molecule has 0 amide bonds. The summed E-state index contributed by atoms with van der Waals surface area (Å²) in [4.78, 5) is 23.2. The van der Waals surface area contributed by atoms with Crippen LogP contribution >= 0.6 is 12.2 Å². The fourth-order valence-corrected chi connectivity index (χ4v) is 4.66. The number of hydrogen-bond acceptors (Lipinski definition) is 5. The Bertz CT molecular complexity index is 1130. The van der Waals surface area contributed by atoms with Crippen molar-refractivity contribution in [2.24, 2.45) is 0 Å². The van der Waals surface area contributed by atoms with Gasteiger partial charge in [-0.1, -0.05) is 12.1 Å². The van der Waals surface area contributed by atoms with Gasteiger partial charge in [-0.2, -0.15) is 0 Å². The lowest BCUT2D eigenvalue weighted by Gasteiger charge is -2.27. The van der Waals surface area contributed by atoms with Crippen LogP contribution in [0.2, 0.25) is 0 Å². The quantitative estimate of drug-likeness (QED) is 0.454. The van der Waals surface area contributed by atoms with Gasteiger partial charge in [-0.25, -0.2) is 4.98 Å². The Balaban J connectivity index is 1.78. The minimum atomic E-state index is -0.262. The van der Waals surface area contributed by atoms with Gasteiger partial charge in [0, 0.05) is 30.3 Å². The van der Waals surface area contributed by atoms with Crippen molar-refractivity contribution >= 4 is 23.3 Å². The third-order valence-corrected chi connectivity index (χ3v) is 6.25. The van der Waals surface area contributed by atoms with Crippen molar-refractivity contribution in [3.05, 3.63) is 77.0 Å². The number of aryl methyl sites for hydroxylation is 2. The molecule has 32 heavy (non-hydrogen) atoms. The molecular weight excluding hydrogens is 422 g/mol. The number of pyridine rings is 2. The number of nitrogens with zero attached hydrogens (tertiary/aromatic N) is 4. The Morgan fingerprint density at radius 3 is 2.66 bits per heavy atom. The second-order valence-electron chi connectivity index (χ2n) is 8.00. The van der Waals surface area contributed by atoms with Gasteiger partial charge in [0.25, 0.3) is 0 Å². The van der Waals surface area contributed by atoms with E-state index in [4.69, 9.17) is 17.0 Å². The first kappa shape index (κ1) is 22.0. The lowest BCUT2D eigenvalue weighted by Crippen LogP contribution is -2.32. The number of ether oxygens (including phenoxy) is 1. The van der Waals surface area contributed by atoms with Gasteiger partial charge < -0.3 is 19.5 Å². The maximum atomic E-state index is 11.9. The Hall–Kier alpha value is -3.26. The lowest BCUT2D eigenvalue weighted by molar-refractivity contribution is -0.140. The minimum Gasteiger partial charge on any atom is -0.469 e. The Labute approximate surface area is 193 Å². The largest absolute Gasteiger partial charge is 0.469 e. The molecule has 1 saturated heterocycles. The molecule has 3 aromatic heterocycles. The first-order valence-corrected chi connectivity index (χ1v) is 11.0. The molecule has 4 heterocycles. The van der Waals surface area contributed by atoms with E-state index in [1.54, 1.807) is 6.20 Å². The topological polar surface area (TPSA) is 72.3 Å². The fourth-order valence-electron chi connectivity index (χ4n) is 4.33. The molecule has 7 nitrogen and oxygen atoms in total. The molecule has 0 spiro atoms. The molecule has 0 unspecified atom stereocenters. The van der Waals surface area contributed by atoms with Crippen LogP contribution in [0.25, 0.3) is 5.82 Å². The Morgan fingerprint density at radius 2 is 2.00 bits per heavy atom. The van der Waals surface area contributed by atoms with Crippen molar-refractivity contribution in [2.45, 2.75) is 39.3 Å². The highest BCUT2D eigenvalue weighted by Gasteiger charge is 2.41. The molecule has 1 aliphatic rings. The first-order chi connectivity index (χ1) is 15.4. The molecule has 2 atom stereocenters. The van der Waals surface area contributed by atoms with Gasteiger partial charge >= 0.3 is 5.97 Å². The number of rotatable bonds is 6. The van der Waals surface area contributed by atoms with Crippen molar-refractivity contribution in [2.75, 3.05) is 13.7 Å². The molecule has 4 rings (SSSR count). The first-order valence-electron chi connectivity index (χ1n) is 10.6. The summed E-state index contributed by atoms with van der Waals surface area (Å²) in [6, 6.07) is 11.9. The van der Waals surface area contributed by atoms with Crippen LogP contribution in [-0.4, -0.2) is 44.2 Å². The van der Waals surface area contributed by atoms with Gasteiger partial charge in [-0.3, -0.25) is 9.78 Å². The average molecular weight is 450 g/mol. The van der Waals surface area contributed by atoms with Gasteiger partial charge in [0.1, 0.15) is 5.82 Å². The van der Waals surface area contributed by atoms with E-state index in [1.807, 2.05) is 37.4 Å². The molecular formula is C24H27N5O2S. The zero-order valence-electron chi connectivity index (χ0n) is 18.7. The van der Waals surface area contributed by atoms with Gasteiger partial charge in [0.05, 0.1) is 31.3 Å². The number of aromatic nitrogens is 3. The SMILES string of the molecule is COC(=O)CCN1C(=S)N[C@H](c2ccccn2)[C@H]1c1cc(C)n(-c2ccc(C)cn2)c1C. The summed E-state index contributed by atoms with van der Waals surface area (Å²) >= 11 is 5.69. The van der Waals surface area contributed by atoms with E-state index in [9.17, 15) is 4.79 Å². The van der Waals surface area contributed by atoms with Crippen LogP contribution in [0.4, 0.5) is 0 Å². The highest BCUT2D eigenvalue weighted by molar-refractivity contribution is 7.80. The standard InChI is InChI=1S/C24H27N5O2S/c1-15-8-9-20(26-14-15)29-16(2)13-18(17(29)3)23-22(19-7-5-6-11-25-19)27-24(32)28(23)12-10-21(30)31-4/h5-9,11,13-14,22-23H,10,12H2,1-4H3,(H,27,32)/t22-,23-/m1/s1. The number of hydrogen-bond donors (Lipinski definition) is 1. The van der Waals surface area contributed by atoms with Gasteiger partial charge in [-0.05, 0) is 68.4 Å². The molecule has 1 N–H and O–H groups in total. The van der Waals surface area contributed by atoms with Crippen molar-refractivity contribution in [1.29, 1.82) is 0 Å². The predicted octanol–water partition coefficient (Wildman–Crippen LogP) is 3.73. The molecule has 0 bridgehead atoms. The van der Waals surface area contributed by atoms with Crippen LogP contribution in [0.5, 0.6) is 0 Å². The summed E-state index contributed by atoms with van der Waals surface area (Å²) in [5.74, 6) is 0.614. The number of methoxy groups -OCH3 is 1. The summed E-state index contributed by atoms with van der Waals surface area (Å²) in [6.45, 7) is 6.66. The Kier molecular flexibility index (Phi) is 6.23. The van der Waals surface area contributed by atoms with Crippen LogP contribution in [0, 0.1) is 20.8 Å². The lowest BCUT2D eigenvalue weighted by atomic mass is 9.96. The van der Waals surface area contributed by atoms with Crippen LogP contribution in [-0.2, 0) is 9.53 Å². The zero-order valence-corrected chi connectivity index (χ0v) is 19.5. The minimum absolute atomic E-state index is 0.118. The fraction of sp³-hybridized carbons (Fsp3) is 0.333. The number of thiocarbonyl (C=S) groups is 1. The summed E-state index contributed by atoms with van der Waals surface area (Å²) in [7, 11) is 1.40. The third-order valence-electron chi connectivity index (χ3n) is 5.90. The third kappa shape index (κ3) is 4.10. The van der Waals surface area contributed by atoms with Crippen LogP contribution in [0.1, 0.15) is 46.7 Å². The maximum Gasteiger partial charge on any atom is 0.307 e. The van der Waals surface area contributed by atoms with Gasteiger partial charge in [0.15, 0.2) is 5.11 Å². The predicted molar refractivity (Wildman–Crippen MR) is 127 cm³/mol. The highest BCUT2D eigenvalue weighted by Crippen LogP contribution is 2.41. The number of esters is 1. The van der Waals surface area contributed by atoms with E-state index in [-0.39, 0.29) is 24.5 Å². The average Bonchev–Trinajstić information content (AvgIpc) is 3.28. The van der Waals surface area contributed by atoms with Crippen molar-refractivity contribution < 1.29 is 9.53 Å². The molecule has 166 valence electrons. The molecule has 0 radical (unpaired) electrons. The number of carbonyl (C=O) groups is 1. The van der Waals surface area contributed by atoms with Crippen LogP contribution in [0.3, 0.4) is 0 Å². The summed E-state index contributed by atoms with van der Waals surface area (Å²) in [6.07, 6.45) is 3.91. The molecule has 0 saturated carbocycles. The summed E-state index contributed by atoms with van der Waals surface area (Å²) in [5.41, 5.74) is 5.31. The molecule has 3 aromatic rings. The smallest absolute Gasteiger partial charge is 0.307 e. The van der Waals surface area contributed by atoms with E-state index in [0.29, 0.717) is 11.7 Å². The van der Waals surface area contributed by atoms with Crippen molar-refractivity contribution in [3.63, 3.8) is 0 Å². The van der Waals surface area contributed by atoms with Crippen molar-refractivity contribution in [1.82, 2.24) is 24.8 Å². The number of nitrogens with one attached hydrogen (secondary N) is 1. The van der Waals surface area contributed by atoms with E-state index in [0.717, 1.165) is 34.0 Å². The van der Waals surface area contributed by atoms with Crippen molar-refractivity contribution in [3.8, 4) is 5.82 Å². The van der Waals surface area contributed by atoms with E-state index in [2.05, 4.69) is 50.7 Å². The van der Waals surface area contributed by atoms with E-state index < -0.39 is 0 Å². The molecule has 1 fully saturated rings. The van der Waals surface area contributed by atoms with Gasteiger partial charge in [-0.15, -0.1) is 0 Å². The van der Waals surface area contributed by atoms with E-state index in [1.165, 1.54) is 7.11 Å². The van der Waals surface area contributed by atoms with Crippen LogP contribution < -0.4 is 5.32 Å². The van der Waals surface area contributed by atoms with Gasteiger partial charge in [0.2, 0.25) is 0 Å². The summed E-state index contributed by atoms with van der Waals surface area (Å²) < 4.78 is 7.01. The Morgan fingerprint density at radius 1 is 1.19 bits per heavy atom. The second-order valence-corrected chi connectivity index (χ2v) is 8.39. The zero-order chi connectivity index (χ0) is 22.8. The molecule has 0 aliphatic carbocycles. The normalized spacial score (nSPS) is 18.0.